The van der Waals surface area contributed by atoms with E-state index in [0.29, 0.717) is 17.6 Å². The largest absolute Gasteiger partial charge is 0.474 e. The summed E-state index contributed by atoms with van der Waals surface area (Å²) in [6.07, 6.45) is 3.95. The molecule has 1 aliphatic rings. The average molecular weight is 325 g/mol. The fourth-order valence-electron chi connectivity index (χ4n) is 2.17. The van der Waals surface area contributed by atoms with E-state index in [4.69, 9.17) is 16.3 Å². The number of rotatable bonds is 4. The van der Waals surface area contributed by atoms with E-state index >= 15 is 0 Å². The molecule has 1 heterocycles. The molecule has 0 saturated carbocycles. The predicted molar refractivity (Wildman–Crippen MR) is 96.2 cm³/mol. The van der Waals surface area contributed by atoms with Crippen LogP contribution in [-0.4, -0.2) is 29.3 Å². The Hall–Kier alpha value is -1.22. The van der Waals surface area contributed by atoms with Gasteiger partial charge < -0.3 is 9.64 Å². The first-order chi connectivity index (χ1) is 10.2. The lowest BCUT2D eigenvalue weighted by molar-refractivity contribution is 0.00620. The van der Waals surface area contributed by atoms with Crippen molar-refractivity contribution in [1.29, 1.82) is 0 Å². The molecule has 0 spiro atoms. The number of piperidine rings is 1. The van der Waals surface area contributed by atoms with Crippen LogP contribution in [0.4, 0.5) is 0 Å². The van der Waals surface area contributed by atoms with Crippen LogP contribution in [0.1, 0.15) is 54.4 Å². The zero-order chi connectivity index (χ0) is 16.9. The minimum atomic E-state index is -0.244. The summed E-state index contributed by atoms with van der Waals surface area (Å²) in [5.74, 6) is 0.697. The summed E-state index contributed by atoms with van der Waals surface area (Å²) >= 11 is 6.31. The number of hydrogen-bond donors (Lipinski definition) is 0. The number of hydrogen-bond acceptors (Lipinski definition) is 3. The smallest absolute Gasteiger partial charge is 0.182 e. The van der Waals surface area contributed by atoms with Crippen molar-refractivity contribution in [3.63, 3.8) is 0 Å². The molecular weight excluding hydrogens is 296 g/mol. The van der Waals surface area contributed by atoms with Crippen molar-refractivity contribution in [2.45, 2.75) is 60.0 Å². The van der Waals surface area contributed by atoms with Gasteiger partial charge >= 0.3 is 0 Å². The van der Waals surface area contributed by atoms with Crippen molar-refractivity contribution in [3.8, 4) is 0 Å². The van der Waals surface area contributed by atoms with Crippen LogP contribution in [0.3, 0.4) is 0 Å². The van der Waals surface area contributed by atoms with Gasteiger partial charge in [0.05, 0.1) is 12.3 Å². The van der Waals surface area contributed by atoms with Crippen LogP contribution in [0.5, 0.6) is 0 Å². The van der Waals surface area contributed by atoms with E-state index in [-0.39, 0.29) is 5.60 Å². The van der Waals surface area contributed by atoms with Crippen molar-refractivity contribution < 1.29 is 4.74 Å². The third kappa shape index (κ3) is 5.53. The van der Waals surface area contributed by atoms with Crippen molar-refractivity contribution in [3.05, 3.63) is 34.8 Å². The van der Waals surface area contributed by atoms with E-state index in [0.717, 1.165) is 30.7 Å². The van der Waals surface area contributed by atoms with Crippen LogP contribution < -0.4 is 0 Å². The highest BCUT2D eigenvalue weighted by Gasteiger charge is 2.24. The topological polar surface area (TPSA) is 24.8 Å². The summed E-state index contributed by atoms with van der Waals surface area (Å²) in [6.45, 7) is 17.9. The van der Waals surface area contributed by atoms with Crippen LogP contribution in [0.15, 0.2) is 39.8 Å². The maximum absolute atomic E-state index is 6.31. The number of allylic oxidation sites excluding steroid dienone is 2. The molecule has 0 atom stereocenters. The van der Waals surface area contributed by atoms with E-state index in [1.165, 1.54) is 5.57 Å². The van der Waals surface area contributed by atoms with E-state index in [2.05, 4.69) is 29.5 Å². The van der Waals surface area contributed by atoms with E-state index in [1.54, 1.807) is 0 Å². The summed E-state index contributed by atoms with van der Waals surface area (Å²) in [7, 11) is 0. The van der Waals surface area contributed by atoms with Gasteiger partial charge in [-0.05, 0) is 65.2 Å². The van der Waals surface area contributed by atoms with Crippen LogP contribution in [-0.2, 0) is 4.74 Å². The molecule has 0 aromatic heterocycles. The molecule has 0 N–H and O–H groups in total. The van der Waals surface area contributed by atoms with Crippen LogP contribution >= 0.6 is 11.6 Å². The van der Waals surface area contributed by atoms with Gasteiger partial charge in [-0.25, -0.2) is 4.99 Å². The Kier molecular flexibility index (Phi) is 6.73. The van der Waals surface area contributed by atoms with Gasteiger partial charge in [0.2, 0.25) is 0 Å². The molecule has 0 aromatic carbocycles. The maximum Gasteiger partial charge on any atom is 0.182 e. The van der Waals surface area contributed by atoms with Gasteiger partial charge in [0.25, 0.3) is 0 Å². The molecule has 1 rings (SSSR count). The molecule has 0 aliphatic carbocycles. The molecule has 0 bridgehead atoms. The number of aliphatic imine (C=N–C) groups is 1. The second-order valence-corrected chi connectivity index (χ2v) is 6.93. The molecule has 1 aliphatic heterocycles. The predicted octanol–water partition coefficient (Wildman–Crippen LogP) is 5.25. The summed E-state index contributed by atoms with van der Waals surface area (Å²) in [6, 6.07) is 0. The quantitative estimate of drug-likeness (QED) is 0.521. The van der Waals surface area contributed by atoms with Crippen molar-refractivity contribution in [2.24, 2.45) is 4.99 Å². The lowest BCUT2D eigenvalue weighted by atomic mass is 10.0. The van der Waals surface area contributed by atoms with Gasteiger partial charge in [0.1, 0.15) is 10.8 Å². The molecule has 1 fully saturated rings. The molecule has 0 unspecified atom stereocenters. The fraction of sp³-hybridized carbons (Fsp3) is 0.611. The zero-order valence-electron chi connectivity index (χ0n) is 14.8. The van der Waals surface area contributed by atoms with Gasteiger partial charge in [-0.15, -0.1) is 0 Å². The summed E-state index contributed by atoms with van der Waals surface area (Å²) in [5, 5.41) is 0.598. The second kappa shape index (κ2) is 7.87. The first-order valence-electron chi connectivity index (χ1n) is 7.89. The lowest BCUT2D eigenvalue weighted by Crippen LogP contribution is -2.38. The van der Waals surface area contributed by atoms with Crippen LogP contribution in [0, 0.1) is 0 Å². The number of nitrogens with zero attached hydrogens (tertiary/aromatic N) is 2. The highest BCUT2D eigenvalue weighted by atomic mass is 35.5. The van der Waals surface area contributed by atoms with Gasteiger partial charge in [0, 0.05) is 6.54 Å². The first-order valence-corrected chi connectivity index (χ1v) is 8.27. The summed E-state index contributed by atoms with van der Waals surface area (Å²) < 4.78 is 5.88. The fourth-order valence-corrected chi connectivity index (χ4v) is 2.41. The first kappa shape index (κ1) is 18.8. The van der Waals surface area contributed by atoms with E-state index < -0.39 is 0 Å². The number of halogens is 1. The second-order valence-electron chi connectivity index (χ2n) is 6.58. The third-order valence-corrected chi connectivity index (χ3v) is 4.01. The van der Waals surface area contributed by atoms with Crippen LogP contribution in [0.25, 0.3) is 0 Å². The molecule has 0 aromatic rings. The zero-order valence-corrected chi connectivity index (χ0v) is 15.5. The Morgan fingerprint density at radius 2 is 2.09 bits per heavy atom. The van der Waals surface area contributed by atoms with Crippen molar-refractivity contribution in [1.82, 2.24) is 4.90 Å². The Morgan fingerprint density at radius 3 is 2.59 bits per heavy atom. The molecule has 0 amide bonds. The van der Waals surface area contributed by atoms with Crippen molar-refractivity contribution >= 4 is 17.3 Å². The highest BCUT2D eigenvalue weighted by molar-refractivity contribution is 6.30. The Morgan fingerprint density at radius 1 is 1.45 bits per heavy atom. The van der Waals surface area contributed by atoms with Gasteiger partial charge in [-0.2, -0.15) is 0 Å². The molecule has 124 valence electrons. The normalized spacial score (nSPS) is 21.1. The maximum atomic E-state index is 6.31. The molecule has 1 saturated heterocycles. The molecule has 22 heavy (non-hydrogen) atoms. The SMILES string of the molecule is C=C(OC(C)(C)C)N1CCC(=C/C)/C(=N\C(Cl)=C(/C)CC)C1. The third-order valence-electron chi connectivity index (χ3n) is 3.60. The van der Waals surface area contributed by atoms with Crippen molar-refractivity contribution in [2.75, 3.05) is 13.1 Å². The molecule has 4 heteroatoms. The minimum absolute atomic E-state index is 0.244. The number of ether oxygens (including phenoxy) is 1. The Bertz CT molecular complexity index is 510. The molecule has 3 nitrogen and oxygen atoms in total. The minimum Gasteiger partial charge on any atom is -0.474 e. The van der Waals surface area contributed by atoms with Crippen LogP contribution in [0.2, 0.25) is 0 Å². The monoisotopic (exact) mass is 324 g/mol. The van der Waals surface area contributed by atoms with Gasteiger partial charge in [-0.3, -0.25) is 0 Å². The Balaban J connectivity index is 2.96. The average Bonchev–Trinajstić information content (AvgIpc) is 2.44. The Labute approximate surface area is 140 Å². The highest BCUT2D eigenvalue weighted by Crippen LogP contribution is 2.24. The number of likely N-dealkylation sites (tertiary alicyclic amines) is 1. The standard InChI is InChI=1S/C18H29ClN2O/c1-8-13(3)17(19)20-16-12-21(11-10-15(16)9-2)14(4)22-18(5,6)7/h9H,4,8,10-12H2,1-3,5-7H3/b15-9-,17-13+,20-16-. The molecular formula is C18H29ClN2O. The van der Waals surface area contributed by atoms with Gasteiger partial charge in [0.15, 0.2) is 5.88 Å². The summed E-state index contributed by atoms with van der Waals surface area (Å²) in [4.78, 5) is 6.77. The van der Waals surface area contributed by atoms with E-state index in [1.807, 2.05) is 34.6 Å². The lowest BCUT2D eigenvalue weighted by Gasteiger charge is -2.35. The van der Waals surface area contributed by atoms with Gasteiger partial charge in [-0.1, -0.05) is 24.6 Å². The molecule has 0 radical (unpaired) electrons. The summed E-state index contributed by atoms with van der Waals surface area (Å²) in [5.41, 5.74) is 3.12. The van der Waals surface area contributed by atoms with E-state index in [9.17, 15) is 0 Å².